The summed E-state index contributed by atoms with van der Waals surface area (Å²) in [5.41, 5.74) is 0.644. The Bertz CT molecular complexity index is 710. The fourth-order valence-corrected chi connectivity index (χ4v) is 2.27. The van der Waals surface area contributed by atoms with E-state index in [1.54, 1.807) is 37.3 Å². The Kier molecular flexibility index (Phi) is 6.89. The third-order valence-corrected chi connectivity index (χ3v) is 3.75. The van der Waals surface area contributed by atoms with Crippen LogP contribution in [0.1, 0.15) is 18.5 Å². The third kappa shape index (κ3) is 5.83. The molecule has 2 rings (SSSR count). The van der Waals surface area contributed by atoms with E-state index in [2.05, 4.69) is 10.6 Å². The van der Waals surface area contributed by atoms with Crippen molar-refractivity contribution in [2.24, 2.45) is 0 Å². The summed E-state index contributed by atoms with van der Waals surface area (Å²) in [6.07, 6.45) is 0. The minimum Gasteiger partial charge on any atom is -0.494 e. The smallest absolute Gasteiger partial charge is 0.315 e. The largest absolute Gasteiger partial charge is 0.494 e. The van der Waals surface area contributed by atoms with E-state index in [9.17, 15) is 9.18 Å². The first-order valence-electron chi connectivity index (χ1n) is 7.75. The third-order valence-electron chi connectivity index (χ3n) is 3.49. The molecule has 0 heterocycles. The minimum atomic E-state index is -0.467. The second-order valence-corrected chi connectivity index (χ2v) is 5.75. The van der Waals surface area contributed by atoms with Gasteiger partial charge in [-0.25, -0.2) is 9.18 Å². The highest BCUT2D eigenvalue weighted by atomic mass is 35.5. The molecule has 2 amide bonds. The number of amides is 2. The number of carbonyl (C=O) groups is 1. The zero-order valence-electron chi connectivity index (χ0n) is 14.0. The van der Waals surface area contributed by atoms with Crippen molar-refractivity contribution >= 4 is 17.6 Å². The van der Waals surface area contributed by atoms with Crippen LogP contribution in [0.5, 0.6) is 11.5 Å². The van der Waals surface area contributed by atoms with Gasteiger partial charge in [0, 0.05) is 5.02 Å². The number of methoxy groups -OCH3 is 1. The molecule has 7 heteroatoms. The summed E-state index contributed by atoms with van der Waals surface area (Å²) in [4.78, 5) is 11.9. The average Bonchev–Trinajstić information content (AvgIpc) is 2.60. The van der Waals surface area contributed by atoms with E-state index in [4.69, 9.17) is 21.1 Å². The molecule has 2 aromatic carbocycles. The summed E-state index contributed by atoms with van der Waals surface area (Å²) in [6, 6.07) is 10.8. The second-order valence-electron chi connectivity index (χ2n) is 5.32. The number of hydrogen-bond acceptors (Lipinski definition) is 3. The van der Waals surface area contributed by atoms with Crippen LogP contribution in [0.3, 0.4) is 0 Å². The van der Waals surface area contributed by atoms with Crippen molar-refractivity contribution in [2.75, 3.05) is 20.3 Å². The summed E-state index contributed by atoms with van der Waals surface area (Å²) >= 11 is 5.79. The highest BCUT2D eigenvalue weighted by Gasteiger charge is 2.12. The van der Waals surface area contributed by atoms with Gasteiger partial charge in [-0.3, -0.25) is 0 Å². The Morgan fingerprint density at radius 3 is 2.60 bits per heavy atom. The molecule has 1 atom stereocenters. The molecule has 0 radical (unpaired) electrons. The molecule has 2 N–H and O–H groups in total. The molecular formula is C18H20ClFN2O3. The highest BCUT2D eigenvalue weighted by molar-refractivity contribution is 6.30. The quantitative estimate of drug-likeness (QED) is 0.730. The highest BCUT2D eigenvalue weighted by Crippen LogP contribution is 2.21. The summed E-state index contributed by atoms with van der Waals surface area (Å²) in [6.45, 7) is 2.42. The second kappa shape index (κ2) is 9.13. The number of rotatable bonds is 7. The zero-order valence-corrected chi connectivity index (χ0v) is 14.8. The van der Waals surface area contributed by atoms with Crippen LogP contribution in [0.2, 0.25) is 5.02 Å². The average molecular weight is 367 g/mol. The van der Waals surface area contributed by atoms with E-state index in [1.807, 2.05) is 0 Å². The number of urea groups is 1. The Morgan fingerprint density at radius 1 is 1.24 bits per heavy atom. The number of nitrogens with one attached hydrogen (secondary N) is 2. The van der Waals surface area contributed by atoms with Gasteiger partial charge in [0.2, 0.25) is 0 Å². The van der Waals surface area contributed by atoms with Gasteiger partial charge in [0.25, 0.3) is 0 Å². The topological polar surface area (TPSA) is 59.6 Å². The molecule has 0 saturated carbocycles. The van der Waals surface area contributed by atoms with Gasteiger partial charge in [-0.05, 0) is 48.9 Å². The summed E-state index contributed by atoms with van der Waals surface area (Å²) < 4.78 is 24.1. The van der Waals surface area contributed by atoms with E-state index in [0.717, 1.165) is 0 Å². The van der Waals surface area contributed by atoms with E-state index in [0.29, 0.717) is 29.5 Å². The SMILES string of the molecule is COc1ccc(C(C)NC(=O)NCCOc2ccc(Cl)cc2)cc1F. The van der Waals surface area contributed by atoms with Crippen molar-refractivity contribution in [2.45, 2.75) is 13.0 Å². The van der Waals surface area contributed by atoms with Crippen LogP contribution < -0.4 is 20.1 Å². The van der Waals surface area contributed by atoms with Gasteiger partial charge in [-0.15, -0.1) is 0 Å². The first kappa shape index (κ1) is 18.9. The number of hydrogen-bond donors (Lipinski definition) is 2. The molecule has 0 aliphatic carbocycles. The molecule has 0 aliphatic heterocycles. The lowest BCUT2D eigenvalue weighted by molar-refractivity contribution is 0.233. The maximum absolute atomic E-state index is 13.7. The molecule has 0 fully saturated rings. The number of ether oxygens (including phenoxy) is 2. The summed E-state index contributed by atoms with van der Waals surface area (Å²) in [7, 11) is 1.40. The van der Waals surface area contributed by atoms with Crippen LogP contribution in [-0.4, -0.2) is 26.3 Å². The van der Waals surface area contributed by atoms with Crippen LogP contribution in [0.15, 0.2) is 42.5 Å². The monoisotopic (exact) mass is 366 g/mol. The molecule has 0 bridgehead atoms. The summed E-state index contributed by atoms with van der Waals surface area (Å²) in [5, 5.41) is 6.05. The van der Waals surface area contributed by atoms with Crippen molar-refractivity contribution in [1.82, 2.24) is 10.6 Å². The molecule has 0 aliphatic rings. The van der Waals surface area contributed by atoms with Gasteiger partial charge in [0.1, 0.15) is 12.4 Å². The standard InChI is InChI=1S/C18H20ClFN2O3/c1-12(13-3-8-17(24-2)16(20)11-13)22-18(23)21-9-10-25-15-6-4-14(19)5-7-15/h3-8,11-12H,9-10H2,1-2H3,(H2,21,22,23). The Hall–Kier alpha value is -2.47. The van der Waals surface area contributed by atoms with Crippen LogP contribution in [0.4, 0.5) is 9.18 Å². The lowest BCUT2D eigenvalue weighted by atomic mass is 10.1. The normalized spacial score (nSPS) is 11.5. The van der Waals surface area contributed by atoms with Gasteiger partial charge >= 0.3 is 6.03 Å². The fraction of sp³-hybridized carbons (Fsp3) is 0.278. The van der Waals surface area contributed by atoms with Crippen molar-refractivity contribution in [3.8, 4) is 11.5 Å². The first-order valence-corrected chi connectivity index (χ1v) is 8.13. The first-order chi connectivity index (χ1) is 12.0. The lowest BCUT2D eigenvalue weighted by Gasteiger charge is -2.16. The van der Waals surface area contributed by atoms with Gasteiger partial charge in [-0.2, -0.15) is 0 Å². The maximum Gasteiger partial charge on any atom is 0.315 e. The van der Waals surface area contributed by atoms with Crippen LogP contribution >= 0.6 is 11.6 Å². The van der Waals surface area contributed by atoms with Crippen LogP contribution in [0, 0.1) is 5.82 Å². The van der Waals surface area contributed by atoms with Crippen molar-refractivity contribution < 1.29 is 18.7 Å². The van der Waals surface area contributed by atoms with Gasteiger partial charge in [0.15, 0.2) is 11.6 Å². The van der Waals surface area contributed by atoms with E-state index in [1.165, 1.54) is 19.2 Å². The fourth-order valence-electron chi connectivity index (χ4n) is 2.15. The molecule has 134 valence electrons. The molecule has 25 heavy (non-hydrogen) atoms. The summed E-state index contributed by atoms with van der Waals surface area (Å²) in [5.74, 6) is 0.374. The van der Waals surface area contributed by atoms with E-state index >= 15 is 0 Å². The molecular weight excluding hydrogens is 347 g/mol. The van der Waals surface area contributed by atoms with Crippen molar-refractivity contribution in [3.05, 3.63) is 58.9 Å². The van der Waals surface area contributed by atoms with E-state index in [-0.39, 0.29) is 17.8 Å². The molecule has 0 saturated heterocycles. The van der Waals surface area contributed by atoms with Gasteiger partial charge < -0.3 is 20.1 Å². The van der Waals surface area contributed by atoms with Gasteiger partial charge in [0.05, 0.1) is 19.7 Å². The number of carbonyl (C=O) groups excluding carboxylic acids is 1. The Labute approximate surface area is 151 Å². The number of benzene rings is 2. The van der Waals surface area contributed by atoms with Crippen LogP contribution in [-0.2, 0) is 0 Å². The predicted octanol–water partition coefficient (Wildman–Crippen LogP) is 3.93. The maximum atomic E-state index is 13.7. The molecule has 0 spiro atoms. The minimum absolute atomic E-state index is 0.166. The van der Waals surface area contributed by atoms with Gasteiger partial charge in [-0.1, -0.05) is 17.7 Å². The molecule has 0 aromatic heterocycles. The molecule has 1 unspecified atom stereocenters. The molecule has 2 aromatic rings. The number of halogens is 2. The van der Waals surface area contributed by atoms with Crippen molar-refractivity contribution in [3.63, 3.8) is 0 Å². The predicted molar refractivity (Wildman–Crippen MR) is 94.8 cm³/mol. The van der Waals surface area contributed by atoms with Crippen LogP contribution in [0.25, 0.3) is 0 Å². The lowest BCUT2D eigenvalue weighted by Crippen LogP contribution is -2.39. The Balaban J connectivity index is 1.74. The zero-order chi connectivity index (χ0) is 18.2. The van der Waals surface area contributed by atoms with Crippen molar-refractivity contribution in [1.29, 1.82) is 0 Å². The Morgan fingerprint density at radius 2 is 1.96 bits per heavy atom. The molecule has 5 nitrogen and oxygen atoms in total. The van der Waals surface area contributed by atoms with E-state index < -0.39 is 5.82 Å².